The summed E-state index contributed by atoms with van der Waals surface area (Å²) in [4.78, 5) is 11.8. The van der Waals surface area contributed by atoms with E-state index in [4.69, 9.17) is 4.74 Å². The highest BCUT2D eigenvalue weighted by atomic mass is 16.5. The Morgan fingerprint density at radius 3 is 2.80 bits per heavy atom. The maximum Gasteiger partial charge on any atom is 0.223 e. The lowest BCUT2D eigenvalue weighted by Gasteiger charge is -2.22. The first kappa shape index (κ1) is 10.9. The number of hydrogen-bond acceptors (Lipinski definition) is 3. The number of carbonyl (C=O) groups excluding carboxylic acids is 1. The van der Waals surface area contributed by atoms with Gasteiger partial charge < -0.3 is 15.4 Å². The smallest absolute Gasteiger partial charge is 0.223 e. The van der Waals surface area contributed by atoms with E-state index in [1.807, 2.05) is 0 Å². The van der Waals surface area contributed by atoms with Gasteiger partial charge in [-0.2, -0.15) is 0 Å². The molecular weight excluding hydrogens is 192 g/mol. The highest BCUT2D eigenvalue weighted by Gasteiger charge is 2.22. The summed E-state index contributed by atoms with van der Waals surface area (Å²) in [5, 5.41) is 6.41. The van der Waals surface area contributed by atoms with E-state index in [0.717, 1.165) is 39.1 Å². The lowest BCUT2D eigenvalue weighted by Crippen LogP contribution is -2.41. The normalized spacial score (nSPS) is 27.9. The Bertz CT molecular complexity index is 209. The zero-order chi connectivity index (χ0) is 10.5. The van der Waals surface area contributed by atoms with E-state index in [-0.39, 0.29) is 11.8 Å². The van der Waals surface area contributed by atoms with E-state index < -0.39 is 0 Å². The second-order valence-electron chi connectivity index (χ2n) is 4.43. The molecule has 1 unspecified atom stereocenters. The summed E-state index contributed by atoms with van der Waals surface area (Å²) in [5.74, 6) is 0.396. The van der Waals surface area contributed by atoms with Crippen molar-refractivity contribution in [2.75, 3.05) is 26.3 Å². The Labute approximate surface area is 90.8 Å². The number of amides is 1. The molecule has 2 aliphatic rings. The maximum absolute atomic E-state index is 11.8. The van der Waals surface area contributed by atoms with E-state index in [2.05, 4.69) is 10.6 Å². The van der Waals surface area contributed by atoms with Crippen LogP contribution in [0, 0.1) is 5.92 Å². The van der Waals surface area contributed by atoms with Crippen molar-refractivity contribution in [1.29, 1.82) is 0 Å². The van der Waals surface area contributed by atoms with Crippen molar-refractivity contribution in [3.8, 4) is 0 Å². The molecule has 2 saturated heterocycles. The monoisotopic (exact) mass is 212 g/mol. The third-order valence-electron chi connectivity index (χ3n) is 3.28. The molecule has 2 fully saturated rings. The minimum atomic E-state index is 0.181. The van der Waals surface area contributed by atoms with Crippen LogP contribution in [-0.2, 0) is 9.53 Å². The molecule has 0 aromatic heterocycles. The van der Waals surface area contributed by atoms with Crippen LogP contribution in [0.25, 0.3) is 0 Å². The van der Waals surface area contributed by atoms with Gasteiger partial charge in [-0.05, 0) is 32.2 Å². The fourth-order valence-electron chi connectivity index (χ4n) is 2.26. The molecule has 0 aliphatic carbocycles. The minimum absolute atomic E-state index is 0.181. The molecule has 0 bridgehead atoms. The Kier molecular flexibility index (Phi) is 3.97. The van der Waals surface area contributed by atoms with E-state index in [1.54, 1.807) is 0 Å². The zero-order valence-corrected chi connectivity index (χ0v) is 9.13. The van der Waals surface area contributed by atoms with Gasteiger partial charge in [0.1, 0.15) is 0 Å². The van der Waals surface area contributed by atoms with Crippen LogP contribution in [-0.4, -0.2) is 38.3 Å². The van der Waals surface area contributed by atoms with Gasteiger partial charge in [-0.15, -0.1) is 0 Å². The summed E-state index contributed by atoms with van der Waals surface area (Å²) in [7, 11) is 0. The SMILES string of the molecule is O=C(NCC1CCCN1)C1CCOCC1. The van der Waals surface area contributed by atoms with Gasteiger partial charge in [0, 0.05) is 31.7 Å². The van der Waals surface area contributed by atoms with Crippen LogP contribution >= 0.6 is 0 Å². The number of rotatable bonds is 3. The van der Waals surface area contributed by atoms with Gasteiger partial charge in [0.15, 0.2) is 0 Å². The lowest BCUT2D eigenvalue weighted by molar-refractivity contribution is -0.127. The van der Waals surface area contributed by atoms with Crippen molar-refractivity contribution < 1.29 is 9.53 Å². The first-order valence-electron chi connectivity index (χ1n) is 5.95. The summed E-state index contributed by atoms with van der Waals surface area (Å²) >= 11 is 0. The van der Waals surface area contributed by atoms with Crippen molar-refractivity contribution in [1.82, 2.24) is 10.6 Å². The predicted molar refractivity (Wildman–Crippen MR) is 57.6 cm³/mol. The second kappa shape index (κ2) is 5.47. The molecule has 0 saturated carbocycles. The van der Waals surface area contributed by atoms with Gasteiger partial charge in [0.05, 0.1) is 0 Å². The number of ether oxygens (including phenoxy) is 1. The second-order valence-corrected chi connectivity index (χ2v) is 4.43. The highest BCUT2D eigenvalue weighted by molar-refractivity contribution is 5.78. The summed E-state index contributed by atoms with van der Waals surface area (Å²) in [6.07, 6.45) is 4.18. The lowest BCUT2D eigenvalue weighted by atomic mass is 9.99. The Balaban J connectivity index is 1.66. The van der Waals surface area contributed by atoms with Crippen LogP contribution in [0.2, 0.25) is 0 Å². The summed E-state index contributed by atoms with van der Waals surface area (Å²) in [6.45, 7) is 3.35. The summed E-state index contributed by atoms with van der Waals surface area (Å²) in [6, 6.07) is 0.494. The fraction of sp³-hybridized carbons (Fsp3) is 0.909. The Morgan fingerprint density at radius 1 is 1.33 bits per heavy atom. The molecule has 0 spiro atoms. The minimum Gasteiger partial charge on any atom is -0.381 e. The van der Waals surface area contributed by atoms with Crippen molar-refractivity contribution in [2.45, 2.75) is 31.7 Å². The Hall–Kier alpha value is -0.610. The first-order chi connectivity index (χ1) is 7.36. The van der Waals surface area contributed by atoms with Crippen molar-refractivity contribution in [2.24, 2.45) is 5.92 Å². The maximum atomic E-state index is 11.8. The van der Waals surface area contributed by atoms with E-state index in [1.165, 1.54) is 12.8 Å². The van der Waals surface area contributed by atoms with Crippen LogP contribution in [0.5, 0.6) is 0 Å². The molecule has 2 rings (SSSR count). The van der Waals surface area contributed by atoms with Gasteiger partial charge in [-0.25, -0.2) is 0 Å². The molecule has 4 nitrogen and oxygen atoms in total. The molecule has 1 amide bonds. The molecule has 4 heteroatoms. The first-order valence-corrected chi connectivity index (χ1v) is 5.95. The van der Waals surface area contributed by atoms with Gasteiger partial charge in [0.2, 0.25) is 5.91 Å². The van der Waals surface area contributed by atoms with Gasteiger partial charge in [-0.1, -0.05) is 0 Å². The number of carbonyl (C=O) groups is 1. The zero-order valence-electron chi connectivity index (χ0n) is 9.13. The summed E-state index contributed by atoms with van der Waals surface area (Å²) in [5.41, 5.74) is 0. The van der Waals surface area contributed by atoms with Crippen LogP contribution in [0.1, 0.15) is 25.7 Å². The molecule has 86 valence electrons. The van der Waals surface area contributed by atoms with Crippen LogP contribution in [0.4, 0.5) is 0 Å². The fourth-order valence-corrected chi connectivity index (χ4v) is 2.26. The van der Waals surface area contributed by atoms with Crippen molar-refractivity contribution >= 4 is 5.91 Å². The van der Waals surface area contributed by atoms with Crippen molar-refractivity contribution in [3.63, 3.8) is 0 Å². The third kappa shape index (κ3) is 3.18. The molecule has 2 aliphatic heterocycles. The van der Waals surface area contributed by atoms with E-state index in [0.29, 0.717) is 6.04 Å². The molecule has 15 heavy (non-hydrogen) atoms. The number of hydrogen-bond donors (Lipinski definition) is 2. The van der Waals surface area contributed by atoms with Gasteiger partial charge in [0.25, 0.3) is 0 Å². The highest BCUT2D eigenvalue weighted by Crippen LogP contribution is 2.14. The van der Waals surface area contributed by atoms with Gasteiger partial charge >= 0.3 is 0 Å². The quantitative estimate of drug-likeness (QED) is 0.706. The third-order valence-corrected chi connectivity index (χ3v) is 3.28. The molecule has 0 radical (unpaired) electrons. The van der Waals surface area contributed by atoms with Gasteiger partial charge in [-0.3, -0.25) is 4.79 Å². The molecule has 0 aromatic carbocycles. The average molecular weight is 212 g/mol. The van der Waals surface area contributed by atoms with Crippen LogP contribution in [0.3, 0.4) is 0 Å². The largest absolute Gasteiger partial charge is 0.381 e. The predicted octanol–water partition coefficient (Wildman–Crippen LogP) is 0.281. The molecular formula is C11H20N2O2. The van der Waals surface area contributed by atoms with Crippen LogP contribution < -0.4 is 10.6 Å². The molecule has 2 heterocycles. The number of nitrogens with one attached hydrogen (secondary N) is 2. The summed E-state index contributed by atoms with van der Waals surface area (Å²) < 4.78 is 5.24. The van der Waals surface area contributed by atoms with Crippen LogP contribution in [0.15, 0.2) is 0 Å². The standard InChI is InChI=1S/C11H20N2O2/c14-11(9-3-6-15-7-4-9)13-8-10-2-1-5-12-10/h9-10,12H,1-8H2,(H,13,14). The molecule has 0 aromatic rings. The van der Waals surface area contributed by atoms with E-state index in [9.17, 15) is 4.79 Å². The molecule has 2 N–H and O–H groups in total. The van der Waals surface area contributed by atoms with E-state index >= 15 is 0 Å². The Morgan fingerprint density at radius 2 is 2.13 bits per heavy atom. The molecule has 1 atom stereocenters. The topological polar surface area (TPSA) is 50.4 Å². The average Bonchev–Trinajstić information content (AvgIpc) is 2.80. The van der Waals surface area contributed by atoms with Crippen molar-refractivity contribution in [3.05, 3.63) is 0 Å².